The van der Waals surface area contributed by atoms with Gasteiger partial charge in [0.25, 0.3) is 0 Å². The number of phosphoric acid groups is 1. The first-order valence-corrected chi connectivity index (χ1v) is 24.2. The van der Waals surface area contributed by atoms with Crippen molar-refractivity contribution >= 4 is 19.8 Å². The van der Waals surface area contributed by atoms with Crippen LogP contribution < -0.4 is 0 Å². The van der Waals surface area contributed by atoms with E-state index in [1.54, 1.807) is 0 Å². The van der Waals surface area contributed by atoms with Gasteiger partial charge in [-0.15, -0.1) is 0 Å². The van der Waals surface area contributed by atoms with Gasteiger partial charge in [0.15, 0.2) is 6.10 Å². The van der Waals surface area contributed by atoms with E-state index >= 15 is 0 Å². The second kappa shape index (κ2) is 41.2. The molecule has 0 aliphatic carbocycles. The molecule has 54 heavy (non-hydrogen) atoms. The molecule has 0 aliphatic rings. The Bertz CT molecular complexity index is 931. The fraction of sp³-hybridized carbons (Fsp3) is 0.867. The fourth-order valence-electron chi connectivity index (χ4n) is 6.58. The lowest BCUT2D eigenvalue weighted by molar-refractivity contribution is -0.161. The van der Waals surface area contributed by atoms with Gasteiger partial charge in [-0.25, -0.2) is 4.57 Å². The lowest BCUT2D eigenvalue weighted by atomic mass is 10.0. The van der Waals surface area contributed by atoms with Crippen LogP contribution in [0, 0.1) is 0 Å². The Morgan fingerprint density at radius 1 is 0.481 bits per heavy atom. The minimum absolute atomic E-state index is 0.206. The van der Waals surface area contributed by atoms with Gasteiger partial charge in [0, 0.05) is 12.8 Å². The Morgan fingerprint density at radius 2 is 0.833 bits per heavy atom. The summed E-state index contributed by atoms with van der Waals surface area (Å²) in [6.45, 7) is 3.69. The van der Waals surface area contributed by atoms with Crippen LogP contribution in [0.2, 0.25) is 0 Å². The van der Waals surface area contributed by atoms with Gasteiger partial charge < -0.3 is 19.3 Å². The summed E-state index contributed by atoms with van der Waals surface area (Å²) in [6.07, 6.45) is 47.5. The molecule has 9 heteroatoms. The Kier molecular flexibility index (Phi) is 40.1. The molecule has 0 bridgehead atoms. The highest BCUT2D eigenvalue weighted by Gasteiger charge is 2.23. The summed E-state index contributed by atoms with van der Waals surface area (Å²) in [6, 6.07) is 0. The van der Waals surface area contributed by atoms with Crippen LogP contribution in [0.1, 0.15) is 232 Å². The van der Waals surface area contributed by atoms with Gasteiger partial charge in [-0.3, -0.25) is 14.1 Å². The molecule has 0 saturated heterocycles. The number of hydrogen-bond donors (Lipinski definition) is 2. The van der Waals surface area contributed by atoms with E-state index in [0.717, 1.165) is 51.4 Å². The minimum atomic E-state index is -4.75. The van der Waals surface area contributed by atoms with Crippen molar-refractivity contribution in [2.75, 3.05) is 13.2 Å². The molecule has 0 aromatic rings. The molecular weight excluding hydrogens is 699 g/mol. The molecule has 0 amide bonds. The number of ether oxygens (including phenoxy) is 2. The standard InChI is InChI=1S/C45H85O8P/c1-3-5-7-9-11-13-15-17-19-21-23-25-27-29-31-33-35-37-39-44(46)51-41-43(42-52-54(48,49)50)53-45(47)40-38-36-34-32-30-28-26-24-22-20-18-16-14-12-10-8-6-4-2/h14,16,20,22,43H,3-13,15,17-19,21,23-42H2,1-2H3,(H2,48,49,50)/b16-14-,22-20-. The average Bonchev–Trinajstić information content (AvgIpc) is 3.14. The van der Waals surface area contributed by atoms with Gasteiger partial charge in [0.2, 0.25) is 0 Å². The van der Waals surface area contributed by atoms with E-state index in [-0.39, 0.29) is 19.4 Å². The van der Waals surface area contributed by atoms with Gasteiger partial charge >= 0.3 is 19.8 Å². The highest BCUT2D eigenvalue weighted by atomic mass is 31.2. The largest absolute Gasteiger partial charge is 0.469 e. The first kappa shape index (κ1) is 52.5. The maximum atomic E-state index is 12.4. The van der Waals surface area contributed by atoms with E-state index < -0.39 is 32.5 Å². The molecule has 0 radical (unpaired) electrons. The molecule has 0 saturated carbocycles. The van der Waals surface area contributed by atoms with Gasteiger partial charge in [0.1, 0.15) is 6.61 Å². The molecule has 0 rings (SSSR count). The lowest BCUT2D eigenvalue weighted by Gasteiger charge is -2.18. The molecule has 1 unspecified atom stereocenters. The molecular formula is C45H85O8P. The summed E-state index contributed by atoms with van der Waals surface area (Å²) in [5.41, 5.74) is 0. The summed E-state index contributed by atoms with van der Waals surface area (Å²) in [5, 5.41) is 0. The monoisotopic (exact) mass is 785 g/mol. The maximum absolute atomic E-state index is 12.4. The third-order valence-electron chi connectivity index (χ3n) is 9.97. The van der Waals surface area contributed by atoms with E-state index in [9.17, 15) is 14.2 Å². The van der Waals surface area contributed by atoms with Crippen LogP contribution in [-0.4, -0.2) is 41.0 Å². The Balaban J connectivity index is 3.87. The predicted octanol–water partition coefficient (Wildman–Crippen LogP) is 14.0. The third kappa shape index (κ3) is 43.3. The van der Waals surface area contributed by atoms with E-state index in [1.165, 1.54) is 148 Å². The number of carbonyl (C=O) groups excluding carboxylic acids is 2. The Morgan fingerprint density at radius 3 is 1.24 bits per heavy atom. The SMILES string of the molecule is CCCCCC/C=C\C/C=C\CCCCCCCCCC(=O)OC(COC(=O)CCCCCCCCCCCCCCCCCCCC)COP(=O)(O)O. The molecule has 0 aliphatic heterocycles. The van der Waals surface area contributed by atoms with Crippen molar-refractivity contribution in [2.24, 2.45) is 0 Å². The van der Waals surface area contributed by atoms with Crippen LogP contribution in [-0.2, 0) is 28.2 Å². The van der Waals surface area contributed by atoms with Crippen LogP contribution in [0.25, 0.3) is 0 Å². The molecule has 0 spiro atoms. The number of rotatable bonds is 42. The van der Waals surface area contributed by atoms with Crippen molar-refractivity contribution in [3.8, 4) is 0 Å². The number of phosphoric ester groups is 1. The third-order valence-corrected chi connectivity index (χ3v) is 10.5. The van der Waals surface area contributed by atoms with Crippen molar-refractivity contribution in [3.05, 3.63) is 24.3 Å². The molecule has 2 N–H and O–H groups in total. The second-order valence-electron chi connectivity index (χ2n) is 15.4. The molecule has 1 atom stereocenters. The number of allylic oxidation sites excluding steroid dienone is 4. The summed E-state index contributed by atoms with van der Waals surface area (Å²) < 4.78 is 26.4. The highest BCUT2D eigenvalue weighted by Crippen LogP contribution is 2.36. The van der Waals surface area contributed by atoms with Gasteiger partial charge in [-0.05, 0) is 44.9 Å². The Hall–Kier alpha value is -1.47. The van der Waals surface area contributed by atoms with Crippen LogP contribution in [0.4, 0.5) is 0 Å². The van der Waals surface area contributed by atoms with E-state index in [4.69, 9.17) is 19.3 Å². The fourth-order valence-corrected chi connectivity index (χ4v) is 6.94. The van der Waals surface area contributed by atoms with Crippen LogP contribution >= 0.6 is 7.82 Å². The van der Waals surface area contributed by atoms with E-state index in [1.807, 2.05) is 0 Å². The summed E-state index contributed by atoms with van der Waals surface area (Å²) in [4.78, 5) is 42.9. The zero-order chi connectivity index (χ0) is 39.6. The minimum Gasteiger partial charge on any atom is -0.462 e. The van der Waals surface area contributed by atoms with Crippen molar-refractivity contribution in [3.63, 3.8) is 0 Å². The average molecular weight is 785 g/mol. The van der Waals surface area contributed by atoms with Crippen LogP contribution in [0.5, 0.6) is 0 Å². The second-order valence-corrected chi connectivity index (χ2v) is 16.6. The summed E-state index contributed by atoms with van der Waals surface area (Å²) in [5.74, 6) is -0.882. The number of carbonyl (C=O) groups is 2. The highest BCUT2D eigenvalue weighted by molar-refractivity contribution is 7.46. The van der Waals surface area contributed by atoms with Crippen molar-refractivity contribution in [2.45, 2.75) is 238 Å². The first-order chi connectivity index (χ1) is 26.3. The molecule has 0 heterocycles. The summed E-state index contributed by atoms with van der Waals surface area (Å²) in [7, 11) is -4.75. The van der Waals surface area contributed by atoms with Crippen LogP contribution in [0.15, 0.2) is 24.3 Å². The van der Waals surface area contributed by atoms with Gasteiger partial charge in [0.05, 0.1) is 6.61 Å². The van der Waals surface area contributed by atoms with Crippen LogP contribution in [0.3, 0.4) is 0 Å². The molecule has 0 aromatic carbocycles. The number of esters is 2. The molecule has 8 nitrogen and oxygen atoms in total. The normalized spacial score (nSPS) is 12.6. The van der Waals surface area contributed by atoms with Crippen molar-refractivity contribution in [1.29, 1.82) is 0 Å². The smallest absolute Gasteiger partial charge is 0.462 e. The zero-order valence-corrected chi connectivity index (χ0v) is 36.0. The number of unbranched alkanes of at least 4 members (excludes halogenated alkanes) is 28. The molecule has 318 valence electrons. The maximum Gasteiger partial charge on any atom is 0.469 e. The van der Waals surface area contributed by atoms with Gasteiger partial charge in [-0.2, -0.15) is 0 Å². The lowest BCUT2D eigenvalue weighted by Crippen LogP contribution is -2.29. The zero-order valence-electron chi connectivity index (χ0n) is 35.1. The van der Waals surface area contributed by atoms with E-state index in [2.05, 4.69) is 42.7 Å². The molecule has 0 aromatic heterocycles. The van der Waals surface area contributed by atoms with Crippen molar-refractivity contribution in [1.82, 2.24) is 0 Å². The Labute approximate surface area is 332 Å². The first-order valence-electron chi connectivity index (χ1n) is 22.6. The number of hydrogen-bond acceptors (Lipinski definition) is 6. The summed E-state index contributed by atoms with van der Waals surface area (Å²) >= 11 is 0. The van der Waals surface area contributed by atoms with E-state index in [0.29, 0.717) is 6.42 Å². The van der Waals surface area contributed by atoms with Crippen molar-refractivity contribution < 1.29 is 37.9 Å². The topological polar surface area (TPSA) is 119 Å². The molecule has 0 fully saturated rings. The predicted molar refractivity (Wildman–Crippen MR) is 225 cm³/mol. The van der Waals surface area contributed by atoms with Gasteiger partial charge in [-0.1, -0.05) is 199 Å². The quantitative estimate of drug-likeness (QED) is 0.0272.